The molecule has 0 unspecified atom stereocenters. The normalized spacial score (nSPS) is 10.3. The number of carbonyl (C=O) groups is 1. The summed E-state index contributed by atoms with van der Waals surface area (Å²) in [7, 11) is 3.75. The van der Waals surface area contributed by atoms with Gasteiger partial charge in [0.25, 0.3) is 5.91 Å². The number of hydrogen-bond acceptors (Lipinski definition) is 2. The largest absolute Gasteiger partial charge is 0.375 e. The van der Waals surface area contributed by atoms with Crippen LogP contribution in [0.3, 0.4) is 0 Å². The first-order valence-corrected chi connectivity index (χ1v) is 7.96. The van der Waals surface area contributed by atoms with Gasteiger partial charge < -0.3 is 10.2 Å². The fourth-order valence-electron chi connectivity index (χ4n) is 1.90. The number of rotatable bonds is 3. The zero-order valence-electron chi connectivity index (χ0n) is 11.5. The molecule has 3 nitrogen and oxygen atoms in total. The van der Waals surface area contributed by atoms with E-state index >= 15 is 0 Å². The van der Waals surface area contributed by atoms with Gasteiger partial charge in [0.1, 0.15) is 0 Å². The van der Waals surface area contributed by atoms with Crippen LogP contribution in [0, 0.1) is 3.57 Å². The molecule has 6 heteroatoms. The summed E-state index contributed by atoms with van der Waals surface area (Å²) in [6.07, 6.45) is 0. The average Bonchev–Trinajstić information content (AvgIpc) is 2.41. The summed E-state index contributed by atoms with van der Waals surface area (Å²) in [6.45, 7) is 0. The van der Waals surface area contributed by atoms with Gasteiger partial charge in [-0.2, -0.15) is 0 Å². The fourth-order valence-corrected chi connectivity index (χ4v) is 2.76. The molecule has 0 atom stereocenters. The molecule has 0 aromatic heterocycles. The van der Waals surface area contributed by atoms with Crippen molar-refractivity contribution >= 4 is 63.1 Å². The van der Waals surface area contributed by atoms with Crippen LogP contribution in [0.1, 0.15) is 10.4 Å². The first-order chi connectivity index (χ1) is 9.90. The lowest BCUT2D eigenvalue weighted by molar-refractivity contribution is 0.102. The van der Waals surface area contributed by atoms with Gasteiger partial charge in [0.05, 0.1) is 21.4 Å². The van der Waals surface area contributed by atoms with Crippen molar-refractivity contribution in [2.24, 2.45) is 0 Å². The fraction of sp³-hybridized carbons (Fsp3) is 0.133. The second-order valence-corrected chi connectivity index (χ2v) is 6.59. The van der Waals surface area contributed by atoms with Gasteiger partial charge in [-0.1, -0.05) is 29.3 Å². The number of nitrogens with one attached hydrogen (secondary N) is 1. The lowest BCUT2D eigenvalue weighted by atomic mass is 10.2. The van der Waals surface area contributed by atoms with Crippen LogP contribution in [0.4, 0.5) is 11.4 Å². The van der Waals surface area contributed by atoms with Crippen molar-refractivity contribution < 1.29 is 4.79 Å². The molecule has 110 valence electrons. The van der Waals surface area contributed by atoms with E-state index in [9.17, 15) is 4.79 Å². The molecule has 1 N–H and O–H groups in total. The number of anilines is 2. The van der Waals surface area contributed by atoms with Gasteiger partial charge in [-0.15, -0.1) is 0 Å². The molecule has 0 radical (unpaired) electrons. The predicted molar refractivity (Wildman–Crippen MR) is 97.9 cm³/mol. The van der Waals surface area contributed by atoms with Crippen LogP contribution in [0.25, 0.3) is 0 Å². The Morgan fingerprint density at radius 2 is 1.86 bits per heavy atom. The number of hydrogen-bond donors (Lipinski definition) is 1. The smallest absolute Gasteiger partial charge is 0.255 e. The quantitative estimate of drug-likeness (QED) is 0.695. The van der Waals surface area contributed by atoms with Crippen molar-refractivity contribution in [3.8, 4) is 0 Å². The van der Waals surface area contributed by atoms with Crippen LogP contribution in [-0.2, 0) is 0 Å². The number of carbonyl (C=O) groups excluding carboxylic acids is 1. The maximum atomic E-state index is 12.3. The first-order valence-electron chi connectivity index (χ1n) is 6.12. The maximum absolute atomic E-state index is 12.3. The van der Waals surface area contributed by atoms with Crippen LogP contribution < -0.4 is 10.2 Å². The maximum Gasteiger partial charge on any atom is 0.255 e. The van der Waals surface area contributed by atoms with Crippen LogP contribution in [0.15, 0.2) is 36.4 Å². The lowest BCUT2D eigenvalue weighted by Gasteiger charge is -2.19. The van der Waals surface area contributed by atoms with E-state index in [1.165, 1.54) is 0 Å². The lowest BCUT2D eigenvalue weighted by Crippen LogP contribution is -2.17. The molecule has 2 rings (SSSR count). The van der Waals surface area contributed by atoms with Gasteiger partial charge in [0.2, 0.25) is 0 Å². The highest BCUT2D eigenvalue weighted by molar-refractivity contribution is 14.1. The van der Waals surface area contributed by atoms with Crippen molar-refractivity contribution in [1.82, 2.24) is 0 Å². The van der Waals surface area contributed by atoms with Crippen molar-refractivity contribution in [3.63, 3.8) is 0 Å². The number of benzene rings is 2. The van der Waals surface area contributed by atoms with E-state index in [2.05, 4.69) is 27.9 Å². The molecule has 0 aliphatic carbocycles. The number of para-hydroxylation sites is 1. The Hall–Kier alpha value is -0.980. The molecule has 0 spiro atoms. The zero-order valence-corrected chi connectivity index (χ0v) is 15.1. The third-order valence-corrected chi connectivity index (χ3v) is 4.74. The van der Waals surface area contributed by atoms with E-state index < -0.39 is 0 Å². The Balaban J connectivity index is 2.31. The SMILES string of the molecule is CN(C)c1c(Cl)cccc1NC(=O)c1ccc(I)c(Cl)c1. The van der Waals surface area contributed by atoms with Gasteiger partial charge in [-0.05, 0) is 52.9 Å². The van der Waals surface area contributed by atoms with Gasteiger partial charge in [-0.3, -0.25) is 4.79 Å². The Morgan fingerprint density at radius 3 is 2.48 bits per heavy atom. The Labute approximate surface area is 147 Å². The van der Waals surface area contributed by atoms with Gasteiger partial charge >= 0.3 is 0 Å². The first kappa shape index (κ1) is 16.4. The van der Waals surface area contributed by atoms with E-state index in [4.69, 9.17) is 23.2 Å². The van der Waals surface area contributed by atoms with Gasteiger partial charge in [0, 0.05) is 23.2 Å². The minimum atomic E-state index is -0.223. The van der Waals surface area contributed by atoms with Crippen molar-refractivity contribution in [2.75, 3.05) is 24.3 Å². The third kappa shape index (κ3) is 3.81. The summed E-state index contributed by atoms with van der Waals surface area (Å²) in [5.41, 5.74) is 1.93. The highest BCUT2D eigenvalue weighted by atomic mass is 127. The van der Waals surface area contributed by atoms with E-state index in [0.717, 1.165) is 9.26 Å². The number of amides is 1. The predicted octanol–water partition coefficient (Wildman–Crippen LogP) is 4.92. The standard InChI is InChI=1S/C15H13Cl2IN2O/c1-20(2)14-10(16)4-3-5-13(14)19-15(21)9-6-7-12(18)11(17)8-9/h3-8H,1-2H3,(H,19,21). The highest BCUT2D eigenvalue weighted by Gasteiger charge is 2.13. The molecule has 2 aromatic carbocycles. The molecule has 0 aliphatic heterocycles. The van der Waals surface area contributed by atoms with E-state index in [1.807, 2.05) is 31.1 Å². The molecule has 0 aliphatic rings. The van der Waals surface area contributed by atoms with Crippen molar-refractivity contribution in [1.29, 1.82) is 0 Å². The van der Waals surface area contributed by atoms with Crippen LogP contribution in [0.2, 0.25) is 10.0 Å². The molecule has 2 aromatic rings. The second kappa shape index (κ2) is 6.85. The summed E-state index contributed by atoms with van der Waals surface area (Å²) in [4.78, 5) is 14.2. The van der Waals surface area contributed by atoms with Crippen molar-refractivity contribution in [3.05, 3.63) is 55.6 Å². The van der Waals surface area contributed by atoms with E-state index in [0.29, 0.717) is 21.3 Å². The topological polar surface area (TPSA) is 32.3 Å². The molecule has 0 saturated carbocycles. The minimum absolute atomic E-state index is 0.223. The zero-order chi connectivity index (χ0) is 15.6. The highest BCUT2D eigenvalue weighted by Crippen LogP contribution is 2.32. The number of halogens is 3. The monoisotopic (exact) mass is 434 g/mol. The Bertz CT molecular complexity index is 689. The molecule has 0 bridgehead atoms. The van der Waals surface area contributed by atoms with Gasteiger partial charge in [-0.25, -0.2) is 0 Å². The van der Waals surface area contributed by atoms with Crippen LogP contribution in [0.5, 0.6) is 0 Å². The second-order valence-electron chi connectivity index (χ2n) is 4.61. The van der Waals surface area contributed by atoms with E-state index in [-0.39, 0.29) is 5.91 Å². The molecule has 21 heavy (non-hydrogen) atoms. The molecule has 1 amide bonds. The summed E-state index contributed by atoms with van der Waals surface area (Å²) in [5.74, 6) is -0.223. The van der Waals surface area contributed by atoms with Crippen molar-refractivity contribution in [2.45, 2.75) is 0 Å². The van der Waals surface area contributed by atoms with Gasteiger partial charge in [0.15, 0.2) is 0 Å². The van der Waals surface area contributed by atoms with E-state index in [1.54, 1.807) is 24.3 Å². The Morgan fingerprint density at radius 1 is 1.14 bits per heavy atom. The molecule has 0 saturated heterocycles. The van der Waals surface area contributed by atoms with Crippen LogP contribution >= 0.6 is 45.8 Å². The third-order valence-electron chi connectivity index (χ3n) is 2.86. The Kier molecular flexibility index (Phi) is 5.35. The summed E-state index contributed by atoms with van der Waals surface area (Å²) in [5, 5.41) is 4.01. The number of nitrogens with zero attached hydrogens (tertiary/aromatic N) is 1. The molecular weight excluding hydrogens is 422 g/mol. The summed E-state index contributed by atoms with van der Waals surface area (Å²) >= 11 is 14.4. The summed E-state index contributed by atoms with van der Waals surface area (Å²) in [6, 6.07) is 10.6. The molecular formula is C15H13Cl2IN2O. The minimum Gasteiger partial charge on any atom is -0.375 e. The summed E-state index contributed by atoms with van der Waals surface area (Å²) < 4.78 is 0.905. The molecule has 0 fully saturated rings. The van der Waals surface area contributed by atoms with Crippen LogP contribution in [-0.4, -0.2) is 20.0 Å². The average molecular weight is 435 g/mol. The molecule has 0 heterocycles.